The van der Waals surface area contributed by atoms with Crippen molar-refractivity contribution in [2.24, 2.45) is 0 Å². The Morgan fingerprint density at radius 1 is 1.33 bits per heavy atom. The average Bonchev–Trinajstić information content (AvgIpc) is 2.98. The van der Waals surface area contributed by atoms with Crippen molar-refractivity contribution in [1.29, 1.82) is 0 Å². The van der Waals surface area contributed by atoms with Crippen LogP contribution in [0.15, 0.2) is 12.3 Å². The van der Waals surface area contributed by atoms with Crippen LogP contribution in [0, 0.1) is 0 Å². The summed E-state index contributed by atoms with van der Waals surface area (Å²) < 4.78 is 49.5. The zero-order valence-electron chi connectivity index (χ0n) is 10.1. The van der Waals surface area contributed by atoms with E-state index in [-0.39, 0.29) is 18.0 Å². The second kappa shape index (κ2) is 4.66. The predicted octanol–water partition coefficient (Wildman–Crippen LogP) is 3.43. The number of hydrogen-bond donors (Lipinski definition) is 0. The van der Waals surface area contributed by atoms with Crippen LogP contribution in [0.25, 0.3) is 0 Å². The van der Waals surface area contributed by atoms with Crippen LogP contribution in [0.5, 0.6) is 11.6 Å². The van der Waals surface area contributed by atoms with E-state index in [1.54, 1.807) is 13.8 Å². The van der Waals surface area contributed by atoms with Crippen molar-refractivity contribution < 1.29 is 22.6 Å². The monoisotopic (exact) mass is 261 g/mol. The molecule has 0 atom stereocenters. The van der Waals surface area contributed by atoms with Gasteiger partial charge in [-0.05, 0) is 32.8 Å². The van der Waals surface area contributed by atoms with Crippen LogP contribution in [-0.4, -0.2) is 17.2 Å². The van der Waals surface area contributed by atoms with Crippen molar-refractivity contribution in [3.8, 4) is 11.6 Å². The summed E-state index contributed by atoms with van der Waals surface area (Å²) in [6.45, 7) is 3.30. The van der Waals surface area contributed by atoms with Crippen molar-refractivity contribution in [2.75, 3.05) is 0 Å². The van der Waals surface area contributed by atoms with Gasteiger partial charge in [0.05, 0.1) is 12.2 Å². The van der Waals surface area contributed by atoms with E-state index in [2.05, 4.69) is 4.98 Å². The first-order valence-corrected chi connectivity index (χ1v) is 5.77. The number of nitrogens with zero attached hydrogens (tertiary/aromatic N) is 1. The summed E-state index contributed by atoms with van der Waals surface area (Å²) >= 11 is 0. The number of rotatable bonds is 4. The topological polar surface area (TPSA) is 31.4 Å². The van der Waals surface area contributed by atoms with Crippen molar-refractivity contribution in [1.82, 2.24) is 4.98 Å². The van der Waals surface area contributed by atoms with Crippen molar-refractivity contribution in [2.45, 2.75) is 45.1 Å². The minimum Gasteiger partial charge on any atom is -0.490 e. The van der Waals surface area contributed by atoms with Gasteiger partial charge >= 0.3 is 6.18 Å². The molecule has 1 aromatic heterocycles. The van der Waals surface area contributed by atoms with Crippen LogP contribution < -0.4 is 9.47 Å². The van der Waals surface area contributed by atoms with Crippen LogP contribution in [0.4, 0.5) is 13.2 Å². The molecular weight excluding hydrogens is 247 g/mol. The van der Waals surface area contributed by atoms with Gasteiger partial charge in [0.15, 0.2) is 5.56 Å². The SMILES string of the molecule is CC(C)Oc1nccc(OC2CC2)c1C(F)(F)F. The molecule has 0 radical (unpaired) electrons. The lowest BCUT2D eigenvalue weighted by molar-refractivity contribution is -0.141. The van der Waals surface area contributed by atoms with Gasteiger partial charge in [-0.2, -0.15) is 13.2 Å². The first kappa shape index (κ1) is 13.0. The van der Waals surface area contributed by atoms with Gasteiger partial charge in [0.1, 0.15) is 5.75 Å². The molecule has 0 aromatic carbocycles. The lowest BCUT2D eigenvalue weighted by Crippen LogP contribution is -2.16. The Morgan fingerprint density at radius 3 is 2.50 bits per heavy atom. The van der Waals surface area contributed by atoms with Gasteiger partial charge in [0.25, 0.3) is 0 Å². The molecule has 18 heavy (non-hydrogen) atoms. The van der Waals surface area contributed by atoms with Gasteiger partial charge in [-0.3, -0.25) is 0 Å². The Labute approximate surface area is 103 Å². The molecule has 1 saturated carbocycles. The van der Waals surface area contributed by atoms with E-state index in [1.807, 2.05) is 0 Å². The van der Waals surface area contributed by atoms with Gasteiger partial charge < -0.3 is 9.47 Å². The maximum absolute atomic E-state index is 13.0. The Kier molecular flexibility index (Phi) is 3.36. The van der Waals surface area contributed by atoms with E-state index in [0.29, 0.717) is 0 Å². The van der Waals surface area contributed by atoms with Gasteiger partial charge in [-0.1, -0.05) is 0 Å². The molecular formula is C12H14F3NO2. The molecule has 0 unspecified atom stereocenters. The Bertz CT molecular complexity index is 406. The summed E-state index contributed by atoms with van der Waals surface area (Å²) in [6.07, 6.45) is -2.18. The summed E-state index contributed by atoms with van der Waals surface area (Å²) in [7, 11) is 0. The summed E-state index contributed by atoms with van der Waals surface area (Å²) in [6, 6.07) is 1.23. The molecule has 1 aliphatic rings. The van der Waals surface area contributed by atoms with Gasteiger partial charge in [-0.15, -0.1) is 0 Å². The van der Waals surface area contributed by atoms with Gasteiger partial charge in [0.2, 0.25) is 5.88 Å². The number of alkyl halides is 3. The number of aromatic nitrogens is 1. The molecule has 0 amide bonds. The zero-order valence-corrected chi connectivity index (χ0v) is 10.1. The molecule has 0 saturated heterocycles. The van der Waals surface area contributed by atoms with E-state index >= 15 is 0 Å². The fourth-order valence-electron chi connectivity index (χ4n) is 1.46. The molecule has 0 aliphatic heterocycles. The van der Waals surface area contributed by atoms with E-state index in [0.717, 1.165) is 12.8 Å². The van der Waals surface area contributed by atoms with Crippen molar-refractivity contribution in [3.63, 3.8) is 0 Å². The Balaban J connectivity index is 2.38. The first-order valence-electron chi connectivity index (χ1n) is 5.77. The van der Waals surface area contributed by atoms with Crippen molar-refractivity contribution in [3.05, 3.63) is 17.8 Å². The fourth-order valence-corrected chi connectivity index (χ4v) is 1.46. The second-order valence-electron chi connectivity index (χ2n) is 4.47. The highest BCUT2D eigenvalue weighted by atomic mass is 19.4. The van der Waals surface area contributed by atoms with Gasteiger partial charge in [0, 0.05) is 6.20 Å². The molecule has 1 aromatic rings. The van der Waals surface area contributed by atoms with E-state index in [4.69, 9.17) is 9.47 Å². The van der Waals surface area contributed by atoms with E-state index < -0.39 is 17.6 Å². The molecule has 0 bridgehead atoms. The molecule has 100 valence electrons. The molecule has 1 fully saturated rings. The molecule has 0 N–H and O–H groups in total. The van der Waals surface area contributed by atoms with E-state index in [1.165, 1.54) is 12.3 Å². The number of hydrogen-bond acceptors (Lipinski definition) is 3. The largest absolute Gasteiger partial charge is 0.490 e. The minimum atomic E-state index is -4.54. The summed E-state index contributed by atoms with van der Waals surface area (Å²) in [5.74, 6) is -0.619. The van der Waals surface area contributed by atoms with Gasteiger partial charge in [-0.25, -0.2) is 4.98 Å². The maximum Gasteiger partial charge on any atom is 0.425 e. The summed E-state index contributed by atoms with van der Waals surface area (Å²) in [5.41, 5.74) is -0.925. The fraction of sp³-hybridized carbons (Fsp3) is 0.583. The smallest absolute Gasteiger partial charge is 0.425 e. The zero-order chi connectivity index (χ0) is 13.3. The third-order valence-electron chi connectivity index (χ3n) is 2.33. The highest BCUT2D eigenvalue weighted by Gasteiger charge is 2.40. The Morgan fingerprint density at radius 2 is 2.00 bits per heavy atom. The van der Waals surface area contributed by atoms with Crippen LogP contribution in [0.1, 0.15) is 32.3 Å². The molecule has 1 aliphatic carbocycles. The predicted molar refractivity (Wildman–Crippen MR) is 58.7 cm³/mol. The van der Waals surface area contributed by atoms with Crippen molar-refractivity contribution >= 4 is 0 Å². The van der Waals surface area contributed by atoms with Crippen LogP contribution >= 0.6 is 0 Å². The standard InChI is InChI=1S/C12H14F3NO2/c1-7(2)17-11-10(12(13,14)15)9(5-6-16-11)18-8-3-4-8/h5-8H,3-4H2,1-2H3. The lowest BCUT2D eigenvalue weighted by Gasteiger charge is -2.18. The molecule has 1 heterocycles. The maximum atomic E-state index is 13.0. The average molecular weight is 261 g/mol. The third-order valence-corrected chi connectivity index (χ3v) is 2.33. The minimum absolute atomic E-state index is 0.111. The normalized spacial score (nSPS) is 15.9. The highest BCUT2D eigenvalue weighted by Crippen LogP contribution is 2.43. The summed E-state index contributed by atoms with van der Waals surface area (Å²) in [4.78, 5) is 3.65. The van der Waals surface area contributed by atoms with E-state index in [9.17, 15) is 13.2 Å². The third kappa shape index (κ3) is 3.05. The molecule has 6 heteroatoms. The quantitative estimate of drug-likeness (QED) is 0.832. The second-order valence-corrected chi connectivity index (χ2v) is 4.47. The summed E-state index contributed by atoms with van der Waals surface area (Å²) in [5, 5.41) is 0. The molecule has 2 rings (SSSR count). The van der Waals surface area contributed by atoms with Crippen LogP contribution in [0.3, 0.4) is 0 Å². The lowest BCUT2D eigenvalue weighted by atomic mass is 10.2. The van der Waals surface area contributed by atoms with Crippen LogP contribution in [0.2, 0.25) is 0 Å². The highest BCUT2D eigenvalue weighted by molar-refractivity contribution is 5.42. The first-order chi connectivity index (χ1) is 8.38. The number of ether oxygens (including phenoxy) is 2. The number of halogens is 3. The van der Waals surface area contributed by atoms with Crippen LogP contribution in [-0.2, 0) is 6.18 Å². The Hall–Kier alpha value is -1.46. The number of pyridine rings is 1. The molecule has 0 spiro atoms. The molecule has 3 nitrogen and oxygen atoms in total.